The lowest BCUT2D eigenvalue weighted by Crippen LogP contribution is -2.01. The summed E-state index contributed by atoms with van der Waals surface area (Å²) in [5, 5.41) is 9.23. The summed E-state index contributed by atoms with van der Waals surface area (Å²) >= 11 is 0. The van der Waals surface area contributed by atoms with Gasteiger partial charge in [0, 0.05) is 12.8 Å². The molecule has 0 spiro atoms. The van der Waals surface area contributed by atoms with E-state index in [1.165, 1.54) is 7.11 Å². The van der Waals surface area contributed by atoms with Crippen molar-refractivity contribution in [1.82, 2.24) is 0 Å². The lowest BCUT2D eigenvalue weighted by Gasteiger charge is -1.96. The Kier molecular flexibility index (Phi) is 5.63. The van der Waals surface area contributed by atoms with Crippen LogP contribution in [-0.4, -0.2) is 30.1 Å². The van der Waals surface area contributed by atoms with Crippen molar-refractivity contribution < 1.29 is 19.4 Å². The van der Waals surface area contributed by atoms with Gasteiger partial charge in [0.25, 0.3) is 0 Å². The Hall–Kier alpha value is -1.42. The van der Waals surface area contributed by atoms with Crippen LogP contribution in [0, 0.1) is 0 Å². The monoisotopic (exact) mass is 238 g/mol. The minimum absolute atomic E-state index is 0.0421. The number of rotatable bonds is 6. The van der Waals surface area contributed by atoms with E-state index in [1.54, 1.807) is 6.08 Å². The summed E-state index contributed by atoms with van der Waals surface area (Å²) in [5.74, 6) is -0.174. The highest BCUT2D eigenvalue weighted by Gasteiger charge is 2.20. The maximum absolute atomic E-state index is 11.3. The molecule has 0 aromatic rings. The summed E-state index contributed by atoms with van der Waals surface area (Å²) in [6, 6.07) is 0. The molecule has 0 aliphatic heterocycles. The molecule has 1 N–H and O–H groups in total. The normalized spacial score (nSPS) is 19.8. The molecule has 1 atom stereocenters. The summed E-state index contributed by atoms with van der Waals surface area (Å²) in [6.07, 6.45) is 7.56. The van der Waals surface area contributed by atoms with E-state index < -0.39 is 6.10 Å². The van der Waals surface area contributed by atoms with Gasteiger partial charge in [-0.05, 0) is 30.9 Å². The molecule has 0 saturated heterocycles. The number of ether oxygens (including phenoxy) is 1. The van der Waals surface area contributed by atoms with Crippen molar-refractivity contribution in [3.05, 3.63) is 23.8 Å². The molecule has 0 amide bonds. The van der Waals surface area contributed by atoms with Crippen LogP contribution in [0.3, 0.4) is 0 Å². The highest BCUT2D eigenvalue weighted by Crippen LogP contribution is 2.19. The molecule has 17 heavy (non-hydrogen) atoms. The minimum Gasteiger partial charge on any atom is -0.469 e. The molecule has 4 heteroatoms. The van der Waals surface area contributed by atoms with Gasteiger partial charge >= 0.3 is 5.97 Å². The second-order valence-corrected chi connectivity index (χ2v) is 4.01. The number of aliphatic hydroxyl groups excluding tert-OH is 1. The zero-order valence-electron chi connectivity index (χ0n) is 10.0. The van der Waals surface area contributed by atoms with Crippen LogP contribution >= 0.6 is 0 Å². The average molecular weight is 238 g/mol. The van der Waals surface area contributed by atoms with Crippen molar-refractivity contribution in [3.63, 3.8) is 0 Å². The van der Waals surface area contributed by atoms with Gasteiger partial charge in [0.2, 0.25) is 0 Å². The molecule has 1 rings (SSSR count). The number of allylic oxidation sites excluding steroid dienone is 3. The Morgan fingerprint density at radius 1 is 1.53 bits per heavy atom. The Balaban J connectivity index is 2.15. The Labute approximate surface area is 101 Å². The molecule has 0 fully saturated rings. The summed E-state index contributed by atoms with van der Waals surface area (Å²) in [6.45, 7) is 0. The molecule has 0 heterocycles. The summed E-state index contributed by atoms with van der Waals surface area (Å²) in [7, 11) is 1.37. The fourth-order valence-electron chi connectivity index (χ4n) is 1.71. The molecule has 0 aromatic heterocycles. The third-order valence-corrected chi connectivity index (χ3v) is 2.64. The van der Waals surface area contributed by atoms with E-state index in [1.807, 2.05) is 12.2 Å². The van der Waals surface area contributed by atoms with Crippen molar-refractivity contribution in [2.24, 2.45) is 0 Å². The van der Waals surface area contributed by atoms with E-state index in [-0.39, 0.29) is 18.2 Å². The summed E-state index contributed by atoms with van der Waals surface area (Å²) in [5.41, 5.74) is 0.718. The second kappa shape index (κ2) is 7.01. The van der Waals surface area contributed by atoms with Crippen molar-refractivity contribution in [1.29, 1.82) is 0 Å². The maximum atomic E-state index is 11.3. The SMILES string of the molecule is COC(=O)CC/C=C\CCC1=CC(O)CC1=O. The standard InChI is InChI=1S/C13H18O4/c1-17-13(16)7-5-3-2-4-6-10-8-11(14)9-12(10)15/h2-3,8,11,14H,4-7,9H2,1H3/b3-2-. The first-order valence-electron chi connectivity index (χ1n) is 5.77. The number of methoxy groups -OCH3 is 1. The largest absolute Gasteiger partial charge is 0.469 e. The zero-order chi connectivity index (χ0) is 12.7. The molecular weight excluding hydrogens is 220 g/mol. The van der Waals surface area contributed by atoms with E-state index in [4.69, 9.17) is 0 Å². The molecular formula is C13H18O4. The van der Waals surface area contributed by atoms with Crippen LogP contribution in [-0.2, 0) is 14.3 Å². The Morgan fingerprint density at radius 3 is 2.82 bits per heavy atom. The van der Waals surface area contributed by atoms with Gasteiger partial charge < -0.3 is 9.84 Å². The van der Waals surface area contributed by atoms with Crippen LogP contribution in [0.15, 0.2) is 23.8 Å². The molecule has 0 aromatic carbocycles. The van der Waals surface area contributed by atoms with E-state index in [9.17, 15) is 14.7 Å². The molecule has 0 bridgehead atoms. The lowest BCUT2D eigenvalue weighted by atomic mass is 10.1. The highest BCUT2D eigenvalue weighted by atomic mass is 16.5. The molecule has 4 nitrogen and oxygen atoms in total. The number of hydrogen-bond donors (Lipinski definition) is 1. The fraction of sp³-hybridized carbons (Fsp3) is 0.538. The molecule has 94 valence electrons. The van der Waals surface area contributed by atoms with Crippen LogP contribution in [0.1, 0.15) is 32.1 Å². The highest BCUT2D eigenvalue weighted by molar-refractivity contribution is 5.98. The van der Waals surface area contributed by atoms with Gasteiger partial charge in [0.1, 0.15) is 0 Å². The maximum Gasteiger partial charge on any atom is 0.305 e. The van der Waals surface area contributed by atoms with E-state index in [2.05, 4.69) is 4.74 Å². The van der Waals surface area contributed by atoms with Gasteiger partial charge in [0.05, 0.1) is 13.2 Å². The van der Waals surface area contributed by atoms with Crippen LogP contribution in [0.2, 0.25) is 0 Å². The molecule has 0 saturated carbocycles. The summed E-state index contributed by atoms with van der Waals surface area (Å²) < 4.78 is 4.51. The summed E-state index contributed by atoms with van der Waals surface area (Å²) in [4.78, 5) is 22.1. The minimum atomic E-state index is -0.596. The molecule has 1 aliphatic carbocycles. The van der Waals surface area contributed by atoms with Gasteiger partial charge in [-0.2, -0.15) is 0 Å². The van der Waals surface area contributed by atoms with Crippen molar-refractivity contribution in [2.45, 2.75) is 38.2 Å². The fourth-order valence-corrected chi connectivity index (χ4v) is 1.71. The third kappa shape index (κ3) is 4.95. The van der Waals surface area contributed by atoms with E-state index in [0.29, 0.717) is 19.3 Å². The van der Waals surface area contributed by atoms with Gasteiger partial charge in [-0.1, -0.05) is 12.2 Å². The number of aliphatic hydroxyl groups is 1. The first kappa shape index (κ1) is 13.6. The Morgan fingerprint density at radius 2 is 2.24 bits per heavy atom. The quantitative estimate of drug-likeness (QED) is 0.563. The van der Waals surface area contributed by atoms with Gasteiger partial charge in [-0.25, -0.2) is 0 Å². The van der Waals surface area contributed by atoms with Crippen LogP contribution in [0.25, 0.3) is 0 Å². The van der Waals surface area contributed by atoms with Crippen LogP contribution < -0.4 is 0 Å². The van der Waals surface area contributed by atoms with Crippen LogP contribution in [0.5, 0.6) is 0 Å². The first-order valence-corrected chi connectivity index (χ1v) is 5.77. The first-order chi connectivity index (χ1) is 8.13. The average Bonchev–Trinajstić information content (AvgIpc) is 2.62. The van der Waals surface area contributed by atoms with E-state index in [0.717, 1.165) is 12.0 Å². The Bertz CT molecular complexity index is 341. The van der Waals surface area contributed by atoms with Gasteiger partial charge in [-0.15, -0.1) is 0 Å². The molecule has 1 aliphatic rings. The van der Waals surface area contributed by atoms with Crippen molar-refractivity contribution in [3.8, 4) is 0 Å². The number of carbonyl (C=O) groups is 2. The van der Waals surface area contributed by atoms with Crippen molar-refractivity contribution >= 4 is 11.8 Å². The van der Waals surface area contributed by atoms with Crippen molar-refractivity contribution in [2.75, 3.05) is 7.11 Å². The predicted octanol–water partition coefficient (Wildman–Crippen LogP) is 1.54. The number of carbonyl (C=O) groups excluding carboxylic acids is 2. The predicted molar refractivity (Wildman–Crippen MR) is 63.3 cm³/mol. The molecule has 1 unspecified atom stereocenters. The van der Waals surface area contributed by atoms with Crippen LogP contribution in [0.4, 0.5) is 0 Å². The number of ketones is 1. The third-order valence-electron chi connectivity index (χ3n) is 2.64. The van der Waals surface area contributed by atoms with Gasteiger partial charge in [-0.3, -0.25) is 9.59 Å². The van der Waals surface area contributed by atoms with Gasteiger partial charge in [0.15, 0.2) is 5.78 Å². The number of Topliss-reactive ketones (excluding diaryl/α,β-unsaturated/α-hetero) is 1. The smallest absolute Gasteiger partial charge is 0.305 e. The number of esters is 1. The number of hydrogen-bond acceptors (Lipinski definition) is 4. The lowest BCUT2D eigenvalue weighted by molar-refractivity contribution is -0.140. The topological polar surface area (TPSA) is 63.6 Å². The molecule has 0 radical (unpaired) electrons. The van der Waals surface area contributed by atoms with E-state index >= 15 is 0 Å². The second-order valence-electron chi connectivity index (χ2n) is 4.01. The zero-order valence-corrected chi connectivity index (χ0v) is 10.0.